The standard InChI is InChI=1S/C26H21F10NO4/c27-23(28)25(32,33)40-16-6-2-5-15(11-16)20-13-39-22-18(14-4-1-7-17(10-14)41-26(34,35)36)8-3-9-19(22)37(20)12-21(38)24(29,30)31/h1-4,6-11,15,20-21,23,38H,5,12-13H2/t15?,20-,21+/m1/s1. The number of rotatable bonds is 8. The van der Waals surface area contributed by atoms with Crippen molar-refractivity contribution in [1.29, 1.82) is 0 Å². The van der Waals surface area contributed by atoms with Crippen LogP contribution in [0.15, 0.2) is 66.5 Å². The van der Waals surface area contributed by atoms with Gasteiger partial charge >= 0.3 is 25.1 Å². The Hall–Kier alpha value is -3.62. The summed E-state index contributed by atoms with van der Waals surface area (Å²) in [5.74, 6) is -2.09. The van der Waals surface area contributed by atoms with Crippen LogP contribution in [-0.4, -0.2) is 55.5 Å². The van der Waals surface area contributed by atoms with E-state index in [-0.39, 0.29) is 35.6 Å². The van der Waals surface area contributed by atoms with E-state index >= 15 is 0 Å². The molecule has 1 unspecified atom stereocenters. The number of halogens is 10. The summed E-state index contributed by atoms with van der Waals surface area (Å²) in [6, 6.07) is 7.97. The van der Waals surface area contributed by atoms with Crippen molar-refractivity contribution < 1.29 is 63.2 Å². The van der Waals surface area contributed by atoms with E-state index in [1.807, 2.05) is 0 Å². The van der Waals surface area contributed by atoms with E-state index in [9.17, 15) is 49.0 Å². The Bertz CT molecular complexity index is 1290. The van der Waals surface area contributed by atoms with Crippen LogP contribution in [0.5, 0.6) is 11.5 Å². The van der Waals surface area contributed by atoms with Gasteiger partial charge in [0.2, 0.25) is 0 Å². The second-order valence-corrected chi connectivity index (χ2v) is 9.15. The first-order chi connectivity index (χ1) is 19.0. The fourth-order valence-electron chi connectivity index (χ4n) is 4.52. The van der Waals surface area contributed by atoms with E-state index < -0.39 is 61.2 Å². The molecule has 2 aromatic carbocycles. The number of β-amino-alcohol motifs (C(OH)–C–C–N with tert-alkyl or cyclic N) is 1. The first kappa shape index (κ1) is 30.3. The molecule has 0 saturated carbocycles. The molecule has 0 fully saturated rings. The van der Waals surface area contributed by atoms with Gasteiger partial charge in [0.1, 0.15) is 18.1 Å². The second kappa shape index (κ2) is 11.3. The number of benzene rings is 2. The molecule has 2 aliphatic rings. The summed E-state index contributed by atoms with van der Waals surface area (Å²) in [5, 5.41) is 9.91. The molecule has 0 aromatic heterocycles. The first-order valence-electron chi connectivity index (χ1n) is 11.9. The number of nitrogens with zero attached hydrogens (tertiary/aromatic N) is 1. The molecule has 1 heterocycles. The average molecular weight is 601 g/mol. The zero-order chi connectivity index (χ0) is 30.2. The van der Waals surface area contributed by atoms with Crippen LogP contribution in [-0.2, 0) is 4.74 Å². The molecular weight excluding hydrogens is 580 g/mol. The van der Waals surface area contributed by atoms with Gasteiger partial charge in [0.25, 0.3) is 0 Å². The third-order valence-corrected chi connectivity index (χ3v) is 6.30. The van der Waals surface area contributed by atoms with Gasteiger partial charge in [-0.1, -0.05) is 30.3 Å². The van der Waals surface area contributed by atoms with Gasteiger partial charge in [0.15, 0.2) is 11.9 Å². The zero-order valence-corrected chi connectivity index (χ0v) is 20.6. The van der Waals surface area contributed by atoms with Gasteiger partial charge in [-0.15, -0.1) is 13.2 Å². The summed E-state index contributed by atoms with van der Waals surface area (Å²) in [7, 11) is 0. The Morgan fingerprint density at radius 2 is 1.68 bits per heavy atom. The van der Waals surface area contributed by atoms with Crippen molar-refractivity contribution in [2.45, 2.75) is 43.6 Å². The number of aliphatic hydroxyl groups is 1. The highest BCUT2D eigenvalue weighted by Crippen LogP contribution is 2.45. The van der Waals surface area contributed by atoms with Gasteiger partial charge in [-0.05, 0) is 42.3 Å². The molecule has 0 spiro atoms. The zero-order valence-electron chi connectivity index (χ0n) is 20.6. The van der Waals surface area contributed by atoms with Crippen molar-refractivity contribution in [1.82, 2.24) is 0 Å². The SMILES string of the molecule is O[C@@H](CN1c2cccc(-c3cccc(OC(F)(F)F)c3)c2OC[C@@H]1C1C=C(OC(F)(F)C(F)F)C=CC1)C(F)(F)F. The van der Waals surface area contributed by atoms with Crippen molar-refractivity contribution in [3.05, 3.63) is 66.5 Å². The Kier molecular flexibility index (Phi) is 8.39. The summed E-state index contributed by atoms with van der Waals surface area (Å²) >= 11 is 0. The number of fused-ring (bicyclic) bond motifs is 1. The van der Waals surface area contributed by atoms with E-state index in [1.165, 1.54) is 36.4 Å². The second-order valence-electron chi connectivity index (χ2n) is 9.15. The van der Waals surface area contributed by atoms with Crippen LogP contribution < -0.4 is 14.4 Å². The van der Waals surface area contributed by atoms with Crippen LogP contribution in [0, 0.1) is 5.92 Å². The summed E-state index contributed by atoms with van der Waals surface area (Å²) in [6.07, 6.45) is -18.4. The number of hydrogen-bond donors (Lipinski definition) is 1. The molecule has 2 aromatic rings. The molecule has 1 aliphatic heterocycles. The lowest BCUT2D eigenvalue weighted by Crippen LogP contribution is -2.52. The van der Waals surface area contributed by atoms with Gasteiger partial charge in [-0.25, -0.2) is 0 Å². The molecule has 15 heteroatoms. The summed E-state index contributed by atoms with van der Waals surface area (Å²) in [4.78, 5) is 1.14. The maximum absolute atomic E-state index is 13.5. The van der Waals surface area contributed by atoms with Crippen LogP contribution in [0.1, 0.15) is 6.42 Å². The molecular formula is C26H21F10NO4. The average Bonchev–Trinajstić information content (AvgIpc) is 2.87. The number of ether oxygens (including phenoxy) is 3. The Morgan fingerprint density at radius 1 is 0.976 bits per heavy atom. The predicted molar refractivity (Wildman–Crippen MR) is 125 cm³/mol. The van der Waals surface area contributed by atoms with Crippen molar-refractivity contribution in [2.75, 3.05) is 18.1 Å². The van der Waals surface area contributed by atoms with Crippen molar-refractivity contribution >= 4 is 5.69 Å². The summed E-state index contributed by atoms with van der Waals surface area (Å²) < 4.78 is 145. The molecule has 3 atom stereocenters. The first-order valence-corrected chi connectivity index (χ1v) is 11.9. The largest absolute Gasteiger partial charge is 0.573 e. The quantitative estimate of drug-likeness (QED) is 0.328. The molecule has 1 N–H and O–H groups in total. The molecule has 4 rings (SSSR count). The van der Waals surface area contributed by atoms with Crippen LogP contribution in [0.4, 0.5) is 49.6 Å². The summed E-state index contributed by atoms with van der Waals surface area (Å²) in [5.41, 5.74) is 0.385. The lowest BCUT2D eigenvalue weighted by Gasteiger charge is -2.43. The Morgan fingerprint density at radius 3 is 2.34 bits per heavy atom. The topological polar surface area (TPSA) is 51.2 Å². The van der Waals surface area contributed by atoms with Crippen LogP contribution in [0.3, 0.4) is 0 Å². The van der Waals surface area contributed by atoms with Gasteiger partial charge in [-0.3, -0.25) is 0 Å². The fourth-order valence-corrected chi connectivity index (χ4v) is 4.52. The van der Waals surface area contributed by atoms with E-state index in [1.54, 1.807) is 0 Å². The molecule has 0 saturated heterocycles. The monoisotopic (exact) mass is 601 g/mol. The molecule has 5 nitrogen and oxygen atoms in total. The molecule has 41 heavy (non-hydrogen) atoms. The predicted octanol–water partition coefficient (Wildman–Crippen LogP) is 7.08. The van der Waals surface area contributed by atoms with Crippen molar-refractivity contribution in [2.24, 2.45) is 5.92 Å². The highest BCUT2D eigenvalue weighted by molar-refractivity contribution is 5.80. The number of anilines is 1. The number of para-hydroxylation sites is 1. The minimum atomic E-state index is -5.04. The van der Waals surface area contributed by atoms with Gasteiger partial charge < -0.3 is 24.2 Å². The van der Waals surface area contributed by atoms with E-state index in [0.717, 1.165) is 29.2 Å². The third-order valence-electron chi connectivity index (χ3n) is 6.30. The maximum atomic E-state index is 13.5. The molecule has 1 aliphatic carbocycles. The summed E-state index contributed by atoms with van der Waals surface area (Å²) in [6.45, 7) is -1.39. The fraction of sp³-hybridized carbons (Fsp3) is 0.385. The van der Waals surface area contributed by atoms with Gasteiger partial charge in [0.05, 0.1) is 18.3 Å². The minimum absolute atomic E-state index is 0.0154. The van der Waals surface area contributed by atoms with Crippen molar-refractivity contribution in [3.8, 4) is 22.6 Å². The Balaban J connectivity index is 1.72. The smallest absolute Gasteiger partial charge is 0.489 e. The highest BCUT2D eigenvalue weighted by Gasteiger charge is 2.46. The van der Waals surface area contributed by atoms with Crippen molar-refractivity contribution in [3.63, 3.8) is 0 Å². The number of aliphatic hydroxyl groups excluding tert-OH is 1. The lowest BCUT2D eigenvalue weighted by molar-refractivity contribution is -0.280. The van der Waals surface area contributed by atoms with Crippen LogP contribution >= 0.6 is 0 Å². The number of hydrogen-bond acceptors (Lipinski definition) is 5. The highest BCUT2D eigenvalue weighted by atomic mass is 19.4. The van der Waals surface area contributed by atoms with E-state index in [2.05, 4.69) is 9.47 Å². The van der Waals surface area contributed by atoms with E-state index in [0.29, 0.717) is 0 Å². The van der Waals surface area contributed by atoms with Gasteiger partial charge in [-0.2, -0.15) is 30.7 Å². The molecule has 0 amide bonds. The third kappa shape index (κ3) is 7.18. The number of allylic oxidation sites excluding steroid dienone is 2. The van der Waals surface area contributed by atoms with Crippen LogP contribution in [0.25, 0.3) is 11.1 Å². The molecule has 224 valence electrons. The molecule has 0 radical (unpaired) electrons. The maximum Gasteiger partial charge on any atom is 0.573 e. The Labute approximate surface area is 226 Å². The lowest BCUT2D eigenvalue weighted by atomic mass is 9.89. The normalized spacial score (nSPS) is 20.3. The van der Waals surface area contributed by atoms with Gasteiger partial charge in [0, 0.05) is 11.5 Å². The van der Waals surface area contributed by atoms with Crippen LogP contribution in [0.2, 0.25) is 0 Å². The minimum Gasteiger partial charge on any atom is -0.489 e. The molecule has 0 bridgehead atoms. The van der Waals surface area contributed by atoms with E-state index in [4.69, 9.17) is 4.74 Å². The number of alkyl halides is 10.